The van der Waals surface area contributed by atoms with E-state index in [2.05, 4.69) is 21.4 Å². The van der Waals surface area contributed by atoms with Crippen LogP contribution in [-0.2, 0) is 6.54 Å². The zero-order valence-electron chi connectivity index (χ0n) is 6.18. The molecular formula is C7H9BrClFN2. The average molecular weight is 256 g/mol. The molecule has 3 N–H and O–H groups in total. The Bertz CT molecular complexity index is 257. The molecule has 0 unspecified atom stereocenters. The van der Waals surface area contributed by atoms with Gasteiger partial charge < -0.3 is 0 Å². The minimum Gasteiger partial charge on any atom is -0.271 e. The maximum atomic E-state index is 12.9. The first-order valence-electron chi connectivity index (χ1n) is 3.11. The van der Waals surface area contributed by atoms with Gasteiger partial charge >= 0.3 is 0 Å². The van der Waals surface area contributed by atoms with Crippen molar-refractivity contribution in [3.8, 4) is 0 Å². The average Bonchev–Trinajstić information content (AvgIpc) is 1.95. The van der Waals surface area contributed by atoms with Crippen LogP contribution in [0.3, 0.4) is 0 Å². The molecule has 1 rings (SSSR count). The van der Waals surface area contributed by atoms with E-state index in [-0.39, 0.29) is 18.2 Å². The van der Waals surface area contributed by atoms with Crippen LogP contribution in [0.5, 0.6) is 0 Å². The second kappa shape index (κ2) is 5.48. The van der Waals surface area contributed by atoms with E-state index in [0.717, 1.165) is 4.47 Å². The highest BCUT2D eigenvalue weighted by atomic mass is 79.9. The molecule has 0 aromatic heterocycles. The maximum absolute atomic E-state index is 12.9. The smallest absolute Gasteiger partial charge is 0.128 e. The van der Waals surface area contributed by atoms with Gasteiger partial charge in [0, 0.05) is 16.6 Å². The summed E-state index contributed by atoms with van der Waals surface area (Å²) in [5.74, 6) is 4.79. The molecule has 12 heavy (non-hydrogen) atoms. The van der Waals surface area contributed by atoms with E-state index in [0.29, 0.717) is 12.1 Å². The monoisotopic (exact) mass is 254 g/mol. The molecule has 0 amide bonds. The normalized spacial score (nSPS) is 9.25. The summed E-state index contributed by atoms with van der Waals surface area (Å²) >= 11 is 3.16. The molecule has 5 heteroatoms. The molecule has 0 aliphatic rings. The Balaban J connectivity index is 0.00000121. The number of hydrogen-bond acceptors (Lipinski definition) is 2. The summed E-state index contributed by atoms with van der Waals surface area (Å²) in [5, 5.41) is 0. The molecule has 0 aliphatic carbocycles. The highest BCUT2D eigenvalue weighted by Crippen LogP contribution is 2.14. The van der Waals surface area contributed by atoms with Crippen molar-refractivity contribution in [2.24, 2.45) is 5.84 Å². The number of nitrogens with two attached hydrogens (primary N) is 1. The molecule has 0 heterocycles. The Morgan fingerprint density at radius 2 is 2.17 bits per heavy atom. The first kappa shape index (κ1) is 11.8. The minimum absolute atomic E-state index is 0. The van der Waals surface area contributed by atoms with E-state index in [1.54, 1.807) is 12.1 Å². The molecule has 0 bridgehead atoms. The van der Waals surface area contributed by atoms with Crippen LogP contribution in [-0.4, -0.2) is 0 Å². The van der Waals surface area contributed by atoms with Crippen molar-refractivity contribution in [3.05, 3.63) is 34.1 Å². The van der Waals surface area contributed by atoms with Crippen LogP contribution < -0.4 is 11.3 Å². The third-order valence-corrected chi connectivity index (χ3v) is 1.80. The summed E-state index contributed by atoms with van der Waals surface area (Å²) in [4.78, 5) is 0. The predicted molar refractivity (Wildman–Crippen MR) is 52.4 cm³/mol. The van der Waals surface area contributed by atoms with Crippen molar-refractivity contribution in [2.45, 2.75) is 6.54 Å². The zero-order chi connectivity index (χ0) is 8.27. The zero-order valence-corrected chi connectivity index (χ0v) is 8.58. The molecule has 0 radical (unpaired) electrons. The van der Waals surface area contributed by atoms with E-state index in [9.17, 15) is 4.39 Å². The lowest BCUT2D eigenvalue weighted by molar-refractivity contribution is 0.593. The fourth-order valence-electron chi connectivity index (χ4n) is 0.775. The van der Waals surface area contributed by atoms with Crippen LogP contribution in [0.25, 0.3) is 0 Å². The number of benzene rings is 1. The summed E-state index contributed by atoms with van der Waals surface area (Å²) in [6, 6.07) is 4.86. The maximum Gasteiger partial charge on any atom is 0.128 e. The van der Waals surface area contributed by atoms with E-state index in [1.165, 1.54) is 6.07 Å². The molecule has 0 saturated carbocycles. The quantitative estimate of drug-likeness (QED) is 0.626. The van der Waals surface area contributed by atoms with Crippen LogP contribution in [0.2, 0.25) is 0 Å². The Hall–Kier alpha value is -0.160. The van der Waals surface area contributed by atoms with Gasteiger partial charge in [0.25, 0.3) is 0 Å². The third-order valence-electron chi connectivity index (χ3n) is 1.31. The largest absolute Gasteiger partial charge is 0.271 e. The Kier molecular flexibility index (Phi) is 5.41. The molecule has 0 aliphatic heterocycles. The van der Waals surface area contributed by atoms with Gasteiger partial charge in [-0.15, -0.1) is 12.4 Å². The number of halogens is 3. The highest BCUT2D eigenvalue weighted by molar-refractivity contribution is 9.10. The van der Waals surface area contributed by atoms with E-state index in [4.69, 9.17) is 5.84 Å². The van der Waals surface area contributed by atoms with Gasteiger partial charge in [0.2, 0.25) is 0 Å². The molecule has 2 nitrogen and oxygen atoms in total. The van der Waals surface area contributed by atoms with Gasteiger partial charge in [-0.3, -0.25) is 11.3 Å². The van der Waals surface area contributed by atoms with Crippen molar-refractivity contribution < 1.29 is 4.39 Å². The lowest BCUT2D eigenvalue weighted by Crippen LogP contribution is -2.21. The Morgan fingerprint density at radius 1 is 1.50 bits per heavy atom. The number of hydrogen-bond donors (Lipinski definition) is 2. The van der Waals surface area contributed by atoms with Crippen LogP contribution in [0.4, 0.5) is 4.39 Å². The van der Waals surface area contributed by atoms with Crippen molar-refractivity contribution in [2.75, 3.05) is 0 Å². The molecule has 1 aromatic carbocycles. The van der Waals surface area contributed by atoms with Crippen molar-refractivity contribution in [1.82, 2.24) is 5.43 Å². The fraction of sp³-hybridized carbons (Fsp3) is 0.143. The first-order chi connectivity index (χ1) is 5.24. The molecule has 68 valence electrons. The SMILES string of the molecule is Cl.NNCc1ccc(Br)cc1F. The first-order valence-corrected chi connectivity index (χ1v) is 3.90. The molecule has 0 spiro atoms. The summed E-state index contributed by atoms with van der Waals surface area (Å²) in [5.41, 5.74) is 2.95. The van der Waals surface area contributed by atoms with Gasteiger partial charge in [0.15, 0.2) is 0 Å². The molecule has 0 atom stereocenters. The standard InChI is InChI=1S/C7H8BrFN2.ClH/c8-6-2-1-5(4-11-10)7(9)3-6;/h1-3,11H,4,10H2;1H. The van der Waals surface area contributed by atoms with E-state index >= 15 is 0 Å². The van der Waals surface area contributed by atoms with Gasteiger partial charge in [-0.05, 0) is 12.1 Å². The van der Waals surface area contributed by atoms with Crippen LogP contribution >= 0.6 is 28.3 Å². The summed E-state index contributed by atoms with van der Waals surface area (Å²) in [7, 11) is 0. The van der Waals surface area contributed by atoms with Gasteiger partial charge in [0.05, 0.1) is 0 Å². The van der Waals surface area contributed by atoms with Gasteiger partial charge in [-0.25, -0.2) is 4.39 Å². The topological polar surface area (TPSA) is 38.0 Å². The summed E-state index contributed by atoms with van der Waals surface area (Å²) < 4.78 is 13.6. The summed E-state index contributed by atoms with van der Waals surface area (Å²) in [6.07, 6.45) is 0. The van der Waals surface area contributed by atoms with Crippen molar-refractivity contribution >= 4 is 28.3 Å². The highest BCUT2D eigenvalue weighted by Gasteiger charge is 1.99. The van der Waals surface area contributed by atoms with Crippen LogP contribution in [0.15, 0.2) is 22.7 Å². The van der Waals surface area contributed by atoms with Crippen LogP contribution in [0, 0.1) is 5.82 Å². The Labute approximate surface area is 84.8 Å². The van der Waals surface area contributed by atoms with Crippen LogP contribution in [0.1, 0.15) is 5.56 Å². The fourth-order valence-corrected chi connectivity index (χ4v) is 1.11. The third kappa shape index (κ3) is 3.06. The second-order valence-electron chi connectivity index (χ2n) is 2.12. The van der Waals surface area contributed by atoms with Gasteiger partial charge in [-0.2, -0.15) is 0 Å². The lowest BCUT2D eigenvalue weighted by atomic mass is 10.2. The number of nitrogens with one attached hydrogen (secondary N) is 1. The summed E-state index contributed by atoms with van der Waals surface area (Å²) in [6.45, 7) is 0.346. The second-order valence-corrected chi connectivity index (χ2v) is 3.03. The molecular weight excluding hydrogens is 246 g/mol. The lowest BCUT2D eigenvalue weighted by Gasteiger charge is -2.01. The van der Waals surface area contributed by atoms with E-state index in [1.807, 2.05) is 0 Å². The molecule has 0 fully saturated rings. The van der Waals surface area contributed by atoms with E-state index < -0.39 is 0 Å². The number of rotatable bonds is 2. The Morgan fingerprint density at radius 3 is 2.67 bits per heavy atom. The predicted octanol–water partition coefficient (Wildman–Crippen LogP) is 1.97. The molecule has 0 saturated heterocycles. The van der Waals surface area contributed by atoms with Crippen molar-refractivity contribution in [3.63, 3.8) is 0 Å². The van der Waals surface area contributed by atoms with Gasteiger partial charge in [0.1, 0.15) is 5.82 Å². The molecule has 1 aromatic rings. The minimum atomic E-state index is -0.252. The van der Waals surface area contributed by atoms with Crippen molar-refractivity contribution in [1.29, 1.82) is 0 Å². The number of hydrazine groups is 1. The van der Waals surface area contributed by atoms with Gasteiger partial charge in [-0.1, -0.05) is 22.0 Å².